The molecule has 6 rings (SSSR count). The van der Waals surface area contributed by atoms with Gasteiger partial charge >= 0.3 is 12.3 Å². The van der Waals surface area contributed by atoms with E-state index in [9.17, 15) is 23.1 Å². The van der Waals surface area contributed by atoms with Gasteiger partial charge in [-0.1, -0.05) is 17.3 Å². The van der Waals surface area contributed by atoms with Crippen LogP contribution in [0.1, 0.15) is 53.7 Å². The summed E-state index contributed by atoms with van der Waals surface area (Å²) in [5.74, 6) is -0.977. The number of nitrogens with one attached hydrogen (secondary N) is 1. The minimum Gasteiger partial charge on any atom is -0.481 e. The van der Waals surface area contributed by atoms with Crippen molar-refractivity contribution >= 4 is 18.1 Å². The van der Waals surface area contributed by atoms with Crippen molar-refractivity contribution in [1.29, 1.82) is 0 Å². The van der Waals surface area contributed by atoms with Gasteiger partial charge in [0.2, 0.25) is 0 Å². The SMILES string of the molecule is Cc1cnccc1-c1cc(OC(F)(F)F)cc(-c2nc(C3C=c4c5c([nH]c4=CC3)C(CC(=O)O)CC5)no2)c1. The second kappa shape index (κ2) is 9.40. The lowest BCUT2D eigenvalue weighted by Gasteiger charge is -2.13. The Morgan fingerprint density at radius 1 is 1.26 bits per heavy atom. The molecule has 0 radical (unpaired) electrons. The summed E-state index contributed by atoms with van der Waals surface area (Å²) in [6.45, 7) is 1.81. The molecule has 11 heteroatoms. The van der Waals surface area contributed by atoms with Crippen LogP contribution in [0.25, 0.3) is 34.7 Å². The fraction of sp³-hybridized carbons (Fsp3) is 0.286. The van der Waals surface area contributed by atoms with Crippen molar-refractivity contribution < 1.29 is 32.3 Å². The van der Waals surface area contributed by atoms with Gasteiger partial charge in [0.25, 0.3) is 5.89 Å². The van der Waals surface area contributed by atoms with E-state index in [-0.39, 0.29) is 24.1 Å². The second-order valence-corrected chi connectivity index (χ2v) is 9.83. The summed E-state index contributed by atoms with van der Waals surface area (Å²) in [6.07, 6.45) is 4.66. The predicted molar refractivity (Wildman–Crippen MR) is 134 cm³/mol. The quantitative estimate of drug-likeness (QED) is 0.371. The Kier molecular flexibility index (Phi) is 6.00. The number of carboxylic acid groups (broad SMARTS) is 1. The lowest BCUT2D eigenvalue weighted by molar-refractivity contribution is -0.274. The van der Waals surface area contributed by atoms with Crippen LogP contribution < -0.4 is 15.3 Å². The minimum absolute atomic E-state index is 0.0375. The number of aliphatic carboxylic acids is 1. The standard InChI is InChI=1S/C28H23F3N4O4/c1-14-13-32-7-6-20(14)17-8-18(10-19(9-17)38-28(29,30)31)27-34-26(35-39-27)16-3-5-23-22(11-16)21-4-2-15(12-24(36)37)25(21)33-23/h5-11,13,15-16,33H,2-4,12H2,1H3,(H,36,37). The number of hydrogen-bond acceptors (Lipinski definition) is 6. The molecule has 2 aliphatic carbocycles. The molecular weight excluding hydrogens is 513 g/mol. The maximum absolute atomic E-state index is 13.1. The van der Waals surface area contributed by atoms with Gasteiger partial charge in [-0.15, -0.1) is 13.2 Å². The zero-order valence-corrected chi connectivity index (χ0v) is 20.7. The zero-order chi connectivity index (χ0) is 27.3. The first-order valence-electron chi connectivity index (χ1n) is 12.4. The van der Waals surface area contributed by atoms with E-state index < -0.39 is 18.1 Å². The van der Waals surface area contributed by atoms with Crippen molar-refractivity contribution in [1.82, 2.24) is 20.1 Å². The molecule has 0 amide bonds. The van der Waals surface area contributed by atoms with E-state index in [1.54, 1.807) is 24.5 Å². The van der Waals surface area contributed by atoms with Crippen molar-refractivity contribution in [2.45, 2.75) is 50.8 Å². The van der Waals surface area contributed by atoms with Gasteiger partial charge in [-0.3, -0.25) is 9.78 Å². The van der Waals surface area contributed by atoms with Crippen LogP contribution in [0.5, 0.6) is 5.75 Å². The van der Waals surface area contributed by atoms with E-state index >= 15 is 0 Å². The van der Waals surface area contributed by atoms with Crippen LogP contribution in [0.2, 0.25) is 0 Å². The van der Waals surface area contributed by atoms with E-state index in [1.165, 1.54) is 12.1 Å². The molecule has 2 unspecified atom stereocenters. The number of rotatable bonds is 6. The van der Waals surface area contributed by atoms with Crippen molar-refractivity contribution in [3.63, 3.8) is 0 Å². The molecule has 8 nitrogen and oxygen atoms in total. The number of H-pyrrole nitrogens is 1. The van der Waals surface area contributed by atoms with Crippen molar-refractivity contribution in [3.8, 4) is 28.3 Å². The van der Waals surface area contributed by atoms with Gasteiger partial charge in [-0.2, -0.15) is 4.98 Å². The van der Waals surface area contributed by atoms with Gasteiger partial charge in [0.15, 0.2) is 5.82 Å². The predicted octanol–water partition coefficient (Wildman–Crippen LogP) is 4.59. The topological polar surface area (TPSA) is 114 Å². The summed E-state index contributed by atoms with van der Waals surface area (Å²) in [4.78, 5) is 23.2. The van der Waals surface area contributed by atoms with Gasteiger partial charge in [0.05, 0.1) is 6.42 Å². The van der Waals surface area contributed by atoms with E-state index in [2.05, 4.69) is 30.9 Å². The van der Waals surface area contributed by atoms with Crippen LogP contribution in [0.15, 0.2) is 41.2 Å². The molecule has 200 valence electrons. The normalized spacial score (nSPS) is 18.2. The maximum Gasteiger partial charge on any atom is 0.573 e. The summed E-state index contributed by atoms with van der Waals surface area (Å²) >= 11 is 0. The summed E-state index contributed by atoms with van der Waals surface area (Å²) in [6, 6.07) is 5.93. The number of benzene rings is 1. The molecule has 3 heterocycles. The van der Waals surface area contributed by atoms with Crippen LogP contribution >= 0.6 is 0 Å². The number of fused-ring (bicyclic) bond motifs is 3. The summed E-state index contributed by atoms with van der Waals surface area (Å²) in [5, 5.41) is 15.4. The van der Waals surface area contributed by atoms with Crippen molar-refractivity contribution in [2.75, 3.05) is 0 Å². The number of aryl methyl sites for hydroxylation is 1. The minimum atomic E-state index is -4.87. The molecule has 2 N–H and O–H groups in total. The number of hydrogen-bond donors (Lipinski definition) is 2. The lowest BCUT2D eigenvalue weighted by atomic mass is 9.97. The molecule has 3 aromatic heterocycles. The number of alkyl halides is 3. The average molecular weight is 537 g/mol. The fourth-order valence-electron chi connectivity index (χ4n) is 5.51. The Labute approximate surface area is 219 Å². The number of carboxylic acids is 1. The molecule has 2 atom stereocenters. The smallest absolute Gasteiger partial charge is 0.481 e. The van der Waals surface area contributed by atoms with Crippen LogP contribution in [-0.4, -0.2) is 37.5 Å². The molecule has 0 spiro atoms. The Hall–Kier alpha value is -4.41. The zero-order valence-electron chi connectivity index (χ0n) is 20.7. The number of halogens is 3. The average Bonchev–Trinajstić information content (AvgIpc) is 3.59. The fourth-order valence-corrected chi connectivity index (χ4v) is 5.51. The molecule has 0 bridgehead atoms. The van der Waals surface area contributed by atoms with E-state index in [4.69, 9.17) is 4.52 Å². The van der Waals surface area contributed by atoms with E-state index in [1.807, 2.05) is 13.0 Å². The third-order valence-electron chi connectivity index (χ3n) is 7.22. The monoisotopic (exact) mass is 536 g/mol. The molecule has 39 heavy (non-hydrogen) atoms. The molecule has 1 aromatic carbocycles. The molecular formula is C28H23F3N4O4. The summed E-state index contributed by atoms with van der Waals surface area (Å²) in [5.41, 5.74) is 4.36. The Morgan fingerprint density at radius 2 is 2.08 bits per heavy atom. The van der Waals surface area contributed by atoms with Gasteiger partial charge in [-0.05, 0) is 77.9 Å². The molecule has 4 aromatic rings. The second-order valence-electron chi connectivity index (χ2n) is 9.83. The van der Waals surface area contributed by atoms with E-state index in [0.29, 0.717) is 28.9 Å². The van der Waals surface area contributed by atoms with Crippen LogP contribution in [-0.2, 0) is 11.2 Å². The Morgan fingerprint density at radius 3 is 2.85 bits per heavy atom. The molecule has 0 fully saturated rings. The maximum atomic E-state index is 13.1. The number of carbonyl (C=O) groups is 1. The number of aromatic amines is 1. The lowest BCUT2D eigenvalue weighted by Crippen LogP contribution is -2.29. The summed E-state index contributed by atoms with van der Waals surface area (Å²) < 4.78 is 49.0. The van der Waals surface area contributed by atoms with Crippen LogP contribution in [0.4, 0.5) is 13.2 Å². The first kappa shape index (κ1) is 24.9. The molecule has 0 saturated carbocycles. The van der Waals surface area contributed by atoms with Gasteiger partial charge in [-0.25, -0.2) is 0 Å². The highest BCUT2D eigenvalue weighted by atomic mass is 19.4. The van der Waals surface area contributed by atoms with Crippen LogP contribution in [0, 0.1) is 6.92 Å². The highest BCUT2D eigenvalue weighted by Gasteiger charge is 2.32. The van der Waals surface area contributed by atoms with Gasteiger partial charge in [0.1, 0.15) is 5.75 Å². The van der Waals surface area contributed by atoms with Crippen LogP contribution in [0.3, 0.4) is 0 Å². The molecule has 0 saturated heterocycles. The Balaban J connectivity index is 1.35. The largest absolute Gasteiger partial charge is 0.573 e. The number of ether oxygens (including phenoxy) is 1. The third-order valence-corrected chi connectivity index (χ3v) is 7.22. The number of pyridine rings is 1. The Bertz CT molecular complexity index is 1710. The third kappa shape index (κ3) is 4.91. The van der Waals surface area contributed by atoms with Crippen molar-refractivity contribution in [2.24, 2.45) is 0 Å². The summed E-state index contributed by atoms with van der Waals surface area (Å²) in [7, 11) is 0. The number of nitrogens with zero attached hydrogens (tertiary/aromatic N) is 3. The highest BCUT2D eigenvalue weighted by molar-refractivity contribution is 5.74. The van der Waals surface area contributed by atoms with Crippen molar-refractivity contribution in [3.05, 3.63) is 69.9 Å². The first-order valence-corrected chi connectivity index (χ1v) is 12.4. The molecule has 0 aliphatic heterocycles. The van der Waals surface area contributed by atoms with E-state index in [0.717, 1.165) is 40.2 Å². The highest BCUT2D eigenvalue weighted by Crippen LogP contribution is 2.36. The first-order chi connectivity index (χ1) is 18.6. The number of aromatic nitrogens is 4. The van der Waals surface area contributed by atoms with Gasteiger partial charge < -0.3 is 19.4 Å². The van der Waals surface area contributed by atoms with Gasteiger partial charge in [0, 0.05) is 40.8 Å². The molecule has 2 aliphatic rings.